The fraction of sp³-hybridized carbons (Fsp3) is 0.250. The Hall–Kier alpha value is -4.10. The topological polar surface area (TPSA) is 52.6 Å². The van der Waals surface area contributed by atoms with E-state index in [1.54, 1.807) is 24.3 Å². The van der Waals surface area contributed by atoms with Gasteiger partial charge in [-0.25, -0.2) is 9.59 Å². The Balaban J connectivity index is 1.59. The van der Waals surface area contributed by atoms with Crippen molar-refractivity contribution in [3.8, 4) is 11.8 Å². The van der Waals surface area contributed by atoms with Gasteiger partial charge < -0.3 is 9.47 Å². The second-order valence-corrected chi connectivity index (χ2v) is 10.4. The van der Waals surface area contributed by atoms with Gasteiger partial charge in [0.25, 0.3) is 0 Å². The first-order valence-corrected chi connectivity index (χ1v) is 11.8. The SMILES string of the molecule is CC(C)(C)OC(=O)c1ccc(C#Cc2ccc(/C=C/c3ccc(C(=O)OC(C)(C)C)cc3)cc2)cc1. The first kappa shape index (κ1) is 26.5. The van der Waals surface area contributed by atoms with Crippen LogP contribution in [0, 0.1) is 11.8 Å². The lowest BCUT2D eigenvalue weighted by molar-refractivity contribution is 0.00570. The third-order valence-corrected chi connectivity index (χ3v) is 4.79. The highest BCUT2D eigenvalue weighted by Crippen LogP contribution is 2.15. The summed E-state index contributed by atoms with van der Waals surface area (Å²) in [5.74, 6) is 5.60. The zero-order chi connectivity index (χ0) is 26.3. The molecule has 4 heteroatoms. The molecule has 0 radical (unpaired) electrons. The number of benzene rings is 3. The zero-order valence-electron chi connectivity index (χ0n) is 21.7. The van der Waals surface area contributed by atoms with Gasteiger partial charge in [0.1, 0.15) is 11.2 Å². The van der Waals surface area contributed by atoms with Crippen LogP contribution < -0.4 is 0 Å². The molecule has 0 N–H and O–H groups in total. The molecule has 0 saturated carbocycles. The van der Waals surface area contributed by atoms with E-state index in [-0.39, 0.29) is 11.9 Å². The average Bonchev–Trinajstić information content (AvgIpc) is 2.80. The smallest absolute Gasteiger partial charge is 0.338 e. The molecule has 0 aliphatic carbocycles. The molecule has 0 spiro atoms. The number of carbonyl (C=O) groups excluding carboxylic acids is 2. The van der Waals surface area contributed by atoms with E-state index in [9.17, 15) is 9.59 Å². The van der Waals surface area contributed by atoms with Gasteiger partial charge in [0, 0.05) is 11.1 Å². The lowest BCUT2D eigenvalue weighted by Crippen LogP contribution is -2.23. The van der Waals surface area contributed by atoms with Crippen molar-refractivity contribution in [3.05, 3.63) is 106 Å². The third kappa shape index (κ3) is 8.60. The van der Waals surface area contributed by atoms with E-state index in [0.29, 0.717) is 11.1 Å². The molecule has 4 nitrogen and oxygen atoms in total. The normalized spacial score (nSPS) is 11.5. The molecule has 3 rings (SSSR count). The minimum atomic E-state index is -0.524. The summed E-state index contributed by atoms with van der Waals surface area (Å²) < 4.78 is 10.8. The molecule has 0 aromatic heterocycles. The van der Waals surface area contributed by atoms with Crippen LogP contribution in [0.25, 0.3) is 12.2 Å². The molecule has 36 heavy (non-hydrogen) atoms. The second kappa shape index (κ2) is 11.1. The van der Waals surface area contributed by atoms with Crippen LogP contribution in [-0.2, 0) is 9.47 Å². The van der Waals surface area contributed by atoms with E-state index in [1.807, 2.05) is 102 Å². The number of rotatable bonds is 4. The molecule has 0 fully saturated rings. The average molecular weight is 481 g/mol. The highest BCUT2D eigenvalue weighted by Gasteiger charge is 2.18. The van der Waals surface area contributed by atoms with Crippen LogP contribution in [0.4, 0.5) is 0 Å². The molecule has 0 atom stereocenters. The van der Waals surface area contributed by atoms with Crippen molar-refractivity contribution in [3.63, 3.8) is 0 Å². The molecular formula is C32H32O4. The van der Waals surface area contributed by atoms with E-state index in [1.165, 1.54) is 0 Å². The Morgan fingerprint density at radius 2 is 0.861 bits per heavy atom. The monoisotopic (exact) mass is 480 g/mol. The van der Waals surface area contributed by atoms with E-state index in [0.717, 1.165) is 22.3 Å². The molecule has 0 aliphatic heterocycles. The van der Waals surface area contributed by atoms with Crippen molar-refractivity contribution in [2.75, 3.05) is 0 Å². The maximum absolute atomic E-state index is 12.1. The second-order valence-electron chi connectivity index (χ2n) is 10.4. The molecular weight excluding hydrogens is 448 g/mol. The van der Waals surface area contributed by atoms with Crippen LogP contribution in [0.5, 0.6) is 0 Å². The molecule has 0 bridgehead atoms. The van der Waals surface area contributed by atoms with Crippen molar-refractivity contribution in [1.29, 1.82) is 0 Å². The van der Waals surface area contributed by atoms with Crippen LogP contribution >= 0.6 is 0 Å². The predicted octanol–water partition coefficient (Wildman–Crippen LogP) is 7.17. The Labute approximate surface area is 214 Å². The van der Waals surface area contributed by atoms with Crippen LogP contribution in [0.2, 0.25) is 0 Å². The van der Waals surface area contributed by atoms with Crippen LogP contribution in [0.3, 0.4) is 0 Å². The molecule has 0 amide bonds. The summed E-state index contributed by atoms with van der Waals surface area (Å²) >= 11 is 0. The minimum absolute atomic E-state index is 0.325. The van der Waals surface area contributed by atoms with Gasteiger partial charge in [-0.05, 0) is 101 Å². The molecule has 0 saturated heterocycles. The first-order chi connectivity index (χ1) is 16.9. The largest absolute Gasteiger partial charge is 0.456 e. The van der Waals surface area contributed by atoms with Crippen molar-refractivity contribution in [2.24, 2.45) is 0 Å². The van der Waals surface area contributed by atoms with Crippen molar-refractivity contribution in [2.45, 2.75) is 52.7 Å². The van der Waals surface area contributed by atoms with Crippen molar-refractivity contribution in [1.82, 2.24) is 0 Å². The quantitative estimate of drug-likeness (QED) is 0.226. The van der Waals surface area contributed by atoms with Crippen LogP contribution in [0.1, 0.15) is 84.5 Å². The van der Waals surface area contributed by atoms with Crippen molar-refractivity contribution < 1.29 is 19.1 Å². The molecule has 184 valence electrons. The summed E-state index contributed by atoms with van der Waals surface area (Å²) in [5, 5.41) is 0. The Kier molecular flexibility index (Phi) is 8.17. The highest BCUT2D eigenvalue weighted by molar-refractivity contribution is 5.90. The van der Waals surface area contributed by atoms with Gasteiger partial charge >= 0.3 is 11.9 Å². The van der Waals surface area contributed by atoms with E-state index < -0.39 is 11.2 Å². The van der Waals surface area contributed by atoms with Gasteiger partial charge in [0.15, 0.2) is 0 Å². The van der Waals surface area contributed by atoms with Gasteiger partial charge in [-0.15, -0.1) is 0 Å². The molecule has 3 aromatic rings. The van der Waals surface area contributed by atoms with E-state index in [2.05, 4.69) is 11.8 Å². The van der Waals surface area contributed by atoms with E-state index >= 15 is 0 Å². The number of hydrogen-bond acceptors (Lipinski definition) is 4. The fourth-order valence-corrected chi connectivity index (χ4v) is 3.11. The fourth-order valence-electron chi connectivity index (χ4n) is 3.11. The van der Waals surface area contributed by atoms with Gasteiger partial charge in [0.2, 0.25) is 0 Å². The number of hydrogen-bond donors (Lipinski definition) is 0. The molecule has 3 aromatic carbocycles. The number of esters is 2. The summed E-state index contributed by atoms with van der Waals surface area (Å²) in [4.78, 5) is 24.3. The lowest BCUT2D eigenvalue weighted by atomic mass is 10.1. The first-order valence-electron chi connectivity index (χ1n) is 11.8. The number of ether oxygens (including phenoxy) is 2. The number of carbonyl (C=O) groups is 2. The van der Waals surface area contributed by atoms with Gasteiger partial charge in [-0.3, -0.25) is 0 Å². The van der Waals surface area contributed by atoms with Crippen LogP contribution in [0.15, 0.2) is 72.8 Å². The minimum Gasteiger partial charge on any atom is -0.456 e. The summed E-state index contributed by atoms with van der Waals surface area (Å²) in [6.07, 6.45) is 4.00. The van der Waals surface area contributed by atoms with Gasteiger partial charge in [0.05, 0.1) is 11.1 Å². The standard InChI is InChI=1S/C32H32O4/c1-31(2,3)35-29(33)27-19-15-25(16-20-27)13-11-23-7-9-24(10-8-23)12-14-26-17-21-28(22-18-26)30(34)36-32(4,5)6/h7-11,13,15-22H,1-6H3/b13-11+. The maximum atomic E-state index is 12.1. The van der Waals surface area contributed by atoms with E-state index in [4.69, 9.17) is 9.47 Å². The van der Waals surface area contributed by atoms with Crippen LogP contribution in [-0.4, -0.2) is 23.1 Å². The summed E-state index contributed by atoms with van der Waals surface area (Å²) in [6, 6.07) is 22.3. The Morgan fingerprint density at radius 1 is 0.556 bits per heavy atom. The summed E-state index contributed by atoms with van der Waals surface area (Å²) in [5.41, 5.74) is 3.74. The molecule has 0 heterocycles. The summed E-state index contributed by atoms with van der Waals surface area (Å²) in [6.45, 7) is 11.1. The highest BCUT2D eigenvalue weighted by atomic mass is 16.6. The predicted molar refractivity (Wildman–Crippen MR) is 145 cm³/mol. The van der Waals surface area contributed by atoms with Gasteiger partial charge in [-0.1, -0.05) is 48.3 Å². The lowest BCUT2D eigenvalue weighted by Gasteiger charge is -2.19. The Bertz CT molecular complexity index is 1290. The Morgan fingerprint density at radius 3 is 1.22 bits per heavy atom. The third-order valence-electron chi connectivity index (χ3n) is 4.79. The summed E-state index contributed by atoms with van der Waals surface area (Å²) in [7, 11) is 0. The zero-order valence-corrected chi connectivity index (χ0v) is 21.7. The van der Waals surface area contributed by atoms with Crippen molar-refractivity contribution >= 4 is 24.1 Å². The molecule has 0 unspecified atom stereocenters. The molecule has 0 aliphatic rings. The van der Waals surface area contributed by atoms with Gasteiger partial charge in [-0.2, -0.15) is 0 Å². The maximum Gasteiger partial charge on any atom is 0.338 e.